The highest BCUT2D eigenvalue weighted by Crippen LogP contribution is 2.44. The van der Waals surface area contributed by atoms with Gasteiger partial charge in [-0.05, 0) is 22.3 Å². The number of rotatable bonds is 6. The minimum absolute atomic E-state index is 0.180. The van der Waals surface area contributed by atoms with Crippen LogP contribution in [0.5, 0.6) is 0 Å². The number of nitrogens with one attached hydrogen (secondary N) is 1. The van der Waals surface area contributed by atoms with Crippen molar-refractivity contribution in [2.45, 2.75) is 30.2 Å². The van der Waals surface area contributed by atoms with Crippen LogP contribution in [0.4, 0.5) is 18.0 Å². The first-order valence-corrected chi connectivity index (χ1v) is 10.8. The summed E-state index contributed by atoms with van der Waals surface area (Å²) in [6.45, 7) is -1.07. The third-order valence-electron chi connectivity index (χ3n) is 6.50. The molecule has 4 rings (SSSR count). The molecule has 2 unspecified atom stereocenters. The summed E-state index contributed by atoms with van der Waals surface area (Å²) in [6, 6.07) is 12.0. The van der Waals surface area contributed by atoms with Gasteiger partial charge in [0.05, 0.1) is 6.54 Å². The number of carbonyl (C=O) groups excluding carboxylic acids is 2. The number of amides is 2. The van der Waals surface area contributed by atoms with E-state index >= 15 is 0 Å². The van der Waals surface area contributed by atoms with Gasteiger partial charge in [-0.3, -0.25) is 4.79 Å². The van der Waals surface area contributed by atoms with Gasteiger partial charge in [-0.25, -0.2) is 9.59 Å². The molecule has 2 aliphatic rings. The zero-order chi connectivity index (χ0) is 25.4. The highest BCUT2D eigenvalue weighted by atomic mass is 19.4. The van der Waals surface area contributed by atoms with Crippen LogP contribution in [-0.4, -0.2) is 72.6 Å². The van der Waals surface area contributed by atoms with Crippen molar-refractivity contribution in [3.63, 3.8) is 0 Å². The molecule has 2 amide bonds. The first-order chi connectivity index (χ1) is 16.6. The van der Waals surface area contributed by atoms with Crippen LogP contribution >= 0.6 is 0 Å². The Balaban J connectivity index is 1.45. The van der Waals surface area contributed by atoms with Crippen molar-refractivity contribution < 1.29 is 42.1 Å². The number of hydrogen-bond donors (Lipinski definition) is 2. The summed E-state index contributed by atoms with van der Waals surface area (Å²) in [5, 5.41) is 11.0. The fourth-order valence-electron chi connectivity index (χ4n) is 4.62. The largest absolute Gasteiger partial charge is 0.479 e. The Hall–Kier alpha value is -3.60. The first kappa shape index (κ1) is 24.5. The summed E-state index contributed by atoms with van der Waals surface area (Å²) in [5.41, 5.74) is 1.87. The lowest BCUT2D eigenvalue weighted by atomic mass is 9.98. The number of fused-ring (bicyclic) bond motifs is 3. The van der Waals surface area contributed by atoms with Crippen LogP contribution in [0.2, 0.25) is 0 Å². The average Bonchev–Trinajstić information content (AvgIpc) is 3.41. The van der Waals surface area contributed by atoms with Gasteiger partial charge in [0.2, 0.25) is 6.04 Å². The van der Waals surface area contributed by atoms with Gasteiger partial charge < -0.3 is 24.8 Å². The standard InChI is InChI=1S/C24H23F3N2O6/c1-34-23(21(31)32)10-11-29(13-23)20(30)19(24(25,26)27)28-22(33)35-12-18-16-8-4-2-6-14(16)15-7-3-5-9-17(15)18/h2-9,18-19H,10-13H2,1H3,(H,28,33)(H,31,32). The predicted octanol–water partition coefficient (Wildman–Crippen LogP) is 3.16. The molecule has 2 aromatic carbocycles. The van der Waals surface area contributed by atoms with E-state index in [0.29, 0.717) is 0 Å². The molecule has 0 saturated carbocycles. The minimum atomic E-state index is -5.12. The molecule has 1 aliphatic carbocycles. The molecule has 2 N–H and O–H groups in total. The van der Waals surface area contributed by atoms with Crippen molar-refractivity contribution in [1.82, 2.24) is 10.2 Å². The number of alkyl carbamates (subject to hydrolysis) is 1. The Morgan fingerprint density at radius 3 is 2.17 bits per heavy atom. The maximum atomic E-state index is 13.7. The van der Waals surface area contributed by atoms with Gasteiger partial charge in [-0.2, -0.15) is 13.2 Å². The van der Waals surface area contributed by atoms with Gasteiger partial charge in [0.15, 0.2) is 5.60 Å². The average molecular weight is 492 g/mol. The summed E-state index contributed by atoms with van der Waals surface area (Å²) < 4.78 is 51.2. The molecule has 2 aromatic rings. The summed E-state index contributed by atoms with van der Waals surface area (Å²) in [5.74, 6) is -3.24. The van der Waals surface area contributed by atoms with E-state index in [1.807, 2.05) is 48.5 Å². The molecule has 186 valence electrons. The lowest BCUT2D eigenvalue weighted by Crippen LogP contribution is -2.56. The maximum absolute atomic E-state index is 13.7. The Bertz CT molecular complexity index is 1110. The second-order valence-electron chi connectivity index (χ2n) is 8.46. The number of aliphatic carboxylic acids is 1. The third kappa shape index (κ3) is 4.55. The number of alkyl halides is 3. The van der Waals surface area contributed by atoms with E-state index < -0.39 is 42.3 Å². The second kappa shape index (κ2) is 9.21. The van der Waals surface area contributed by atoms with Crippen LogP contribution in [0.1, 0.15) is 23.5 Å². The second-order valence-corrected chi connectivity index (χ2v) is 8.46. The van der Waals surface area contributed by atoms with Crippen LogP contribution in [0.3, 0.4) is 0 Å². The van der Waals surface area contributed by atoms with Crippen LogP contribution in [-0.2, 0) is 19.1 Å². The molecule has 0 bridgehead atoms. The number of methoxy groups -OCH3 is 1. The van der Waals surface area contributed by atoms with Crippen LogP contribution in [0.25, 0.3) is 11.1 Å². The molecule has 35 heavy (non-hydrogen) atoms. The Morgan fingerprint density at radius 1 is 1.11 bits per heavy atom. The number of ether oxygens (including phenoxy) is 2. The summed E-state index contributed by atoms with van der Waals surface area (Å²) >= 11 is 0. The summed E-state index contributed by atoms with van der Waals surface area (Å²) in [4.78, 5) is 37.2. The molecule has 0 aromatic heterocycles. The van der Waals surface area contributed by atoms with E-state index in [-0.39, 0.29) is 25.5 Å². The number of carbonyl (C=O) groups is 3. The highest BCUT2D eigenvalue weighted by molar-refractivity contribution is 5.88. The van der Waals surface area contributed by atoms with Crippen LogP contribution in [0.15, 0.2) is 48.5 Å². The number of nitrogens with zero attached hydrogens (tertiary/aromatic N) is 1. The van der Waals surface area contributed by atoms with Crippen molar-refractivity contribution in [2.75, 3.05) is 26.8 Å². The number of likely N-dealkylation sites (tertiary alicyclic amines) is 1. The lowest BCUT2D eigenvalue weighted by Gasteiger charge is -2.27. The van der Waals surface area contributed by atoms with Gasteiger partial charge >= 0.3 is 18.2 Å². The highest BCUT2D eigenvalue weighted by Gasteiger charge is 2.53. The molecule has 8 nitrogen and oxygen atoms in total. The van der Waals surface area contributed by atoms with Crippen LogP contribution in [0, 0.1) is 0 Å². The third-order valence-corrected chi connectivity index (χ3v) is 6.50. The topological polar surface area (TPSA) is 105 Å². The molecule has 0 radical (unpaired) electrons. The van der Waals surface area contributed by atoms with Crippen molar-refractivity contribution in [1.29, 1.82) is 0 Å². The van der Waals surface area contributed by atoms with Gasteiger partial charge in [0.1, 0.15) is 6.61 Å². The van der Waals surface area contributed by atoms with Gasteiger partial charge in [-0.15, -0.1) is 0 Å². The monoisotopic (exact) mass is 492 g/mol. The van der Waals surface area contributed by atoms with E-state index in [1.54, 1.807) is 5.32 Å². The van der Waals surface area contributed by atoms with E-state index in [0.717, 1.165) is 34.3 Å². The number of hydrogen-bond acceptors (Lipinski definition) is 5. The fraction of sp³-hybridized carbons (Fsp3) is 0.375. The van der Waals surface area contributed by atoms with E-state index in [1.165, 1.54) is 0 Å². The Labute approximate surface area is 198 Å². The van der Waals surface area contributed by atoms with E-state index in [4.69, 9.17) is 9.47 Å². The molecule has 0 spiro atoms. The summed E-state index contributed by atoms with van der Waals surface area (Å²) in [6.07, 6.45) is -6.71. The van der Waals surface area contributed by atoms with Gasteiger partial charge in [0.25, 0.3) is 5.91 Å². The molecule has 1 aliphatic heterocycles. The van der Waals surface area contributed by atoms with Gasteiger partial charge in [0, 0.05) is 26.0 Å². The SMILES string of the molecule is COC1(C(=O)O)CCN(C(=O)C(NC(=O)OCC2c3ccccc3-c3ccccc32)C(F)(F)F)C1. The number of benzene rings is 2. The normalized spacial score (nSPS) is 20.2. The van der Waals surface area contributed by atoms with Crippen molar-refractivity contribution in [3.05, 3.63) is 59.7 Å². The van der Waals surface area contributed by atoms with E-state index in [9.17, 15) is 32.7 Å². The lowest BCUT2D eigenvalue weighted by molar-refractivity contribution is -0.175. The maximum Gasteiger partial charge on any atom is 0.417 e. The molecule has 1 saturated heterocycles. The Kier molecular flexibility index (Phi) is 6.46. The molecular formula is C24H23F3N2O6. The van der Waals surface area contributed by atoms with Crippen molar-refractivity contribution >= 4 is 18.0 Å². The zero-order valence-corrected chi connectivity index (χ0v) is 18.7. The zero-order valence-electron chi connectivity index (χ0n) is 18.7. The van der Waals surface area contributed by atoms with Crippen molar-refractivity contribution in [3.8, 4) is 11.1 Å². The first-order valence-electron chi connectivity index (χ1n) is 10.8. The fourth-order valence-corrected chi connectivity index (χ4v) is 4.62. The molecule has 2 atom stereocenters. The molecule has 1 heterocycles. The Morgan fingerprint density at radius 2 is 1.69 bits per heavy atom. The summed E-state index contributed by atoms with van der Waals surface area (Å²) in [7, 11) is 1.11. The minimum Gasteiger partial charge on any atom is -0.479 e. The molecule has 11 heteroatoms. The molecular weight excluding hydrogens is 469 g/mol. The number of carboxylic acid groups (broad SMARTS) is 1. The van der Waals surface area contributed by atoms with Crippen molar-refractivity contribution in [2.24, 2.45) is 0 Å². The van der Waals surface area contributed by atoms with Crippen LogP contribution < -0.4 is 5.32 Å². The number of halogens is 3. The number of carboxylic acids is 1. The smallest absolute Gasteiger partial charge is 0.417 e. The quantitative estimate of drug-likeness (QED) is 0.642. The van der Waals surface area contributed by atoms with E-state index in [2.05, 4.69) is 0 Å². The predicted molar refractivity (Wildman–Crippen MR) is 117 cm³/mol. The molecule has 1 fully saturated rings. The van der Waals surface area contributed by atoms with Gasteiger partial charge in [-0.1, -0.05) is 48.5 Å².